The third-order valence-corrected chi connectivity index (χ3v) is 2.81. The van der Waals surface area contributed by atoms with E-state index in [0.717, 1.165) is 5.56 Å². The summed E-state index contributed by atoms with van der Waals surface area (Å²) in [4.78, 5) is 24.5. The van der Waals surface area contributed by atoms with E-state index in [0.29, 0.717) is 0 Å². The summed E-state index contributed by atoms with van der Waals surface area (Å²) >= 11 is 0. The van der Waals surface area contributed by atoms with Crippen molar-refractivity contribution in [3.05, 3.63) is 29.6 Å². The molecule has 1 aromatic rings. The van der Waals surface area contributed by atoms with Gasteiger partial charge in [0.2, 0.25) is 11.8 Å². The number of carbonyl (C=O) groups is 2. The molecular weight excluding hydrogens is 223 g/mol. The van der Waals surface area contributed by atoms with Gasteiger partial charge in [-0.3, -0.25) is 14.5 Å². The van der Waals surface area contributed by atoms with E-state index in [4.69, 9.17) is 0 Å². The molecule has 5 heteroatoms. The van der Waals surface area contributed by atoms with Crippen molar-refractivity contribution in [2.24, 2.45) is 0 Å². The van der Waals surface area contributed by atoms with Crippen molar-refractivity contribution in [1.29, 1.82) is 0 Å². The number of benzene rings is 1. The molecule has 90 valence electrons. The molecule has 0 radical (unpaired) electrons. The fourth-order valence-corrected chi connectivity index (χ4v) is 1.88. The average molecular weight is 236 g/mol. The van der Waals surface area contributed by atoms with Crippen molar-refractivity contribution in [3.63, 3.8) is 0 Å². The zero-order valence-corrected chi connectivity index (χ0v) is 9.66. The number of rotatable bonds is 1. The number of anilines is 1. The smallest absolute Gasteiger partial charge is 0.247 e. The second-order valence-corrected chi connectivity index (χ2v) is 4.11. The molecule has 1 saturated heterocycles. The highest BCUT2D eigenvalue weighted by molar-refractivity contribution is 6.06. The van der Waals surface area contributed by atoms with E-state index in [1.165, 1.54) is 11.0 Å². The van der Waals surface area contributed by atoms with Crippen molar-refractivity contribution >= 4 is 17.5 Å². The largest absolute Gasteiger partial charge is 0.345 e. The first-order valence-electron chi connectivity index (χ1n) is 5.36. The Labute approximate surface area is 98.4 Å². The van der Waals surface area contributed by atoms with Gasteiger partial charge < -0.3 is 5.32 Å². The molecule has 0 bridgehead atoms. The highest BCUT2D eigenvalue weighted by Crippen LogP contribution is 2.24. The fourth-order valence-electron chi connectivity index (χ4n) is 1.88. The van der Waals surface area contributed by atoms with Gasteiger partial charge in [0, 0.05) is 0 Å². The molecule has 1 unspecified atom stereocenters. The van der Waals surface area contributed by atoms with E-state index in [-0.39, 0.29) is 24.0 Å². The summed E-state index contributed by atoms with van der Waals surface area (Å²) in [5.74, 6) is -1.07. The van der Waals surface area contributed by atoms with Crippen LogP contribution in [0.2, 0.25) is 0 Å². The monoisotopic (exact) mass is 236 g/mol. The minimum atomic E-state index is -0.687. The summed E-state index contributed by atoms with van der Waals surface area (Å²) in [6.07, 6.45) is 0. The minimum absolute atomic E-state index is 0.0868. The summed E-state index contributed by atoms with van der Waals surface area (Å²) in [7, 11) is 0. The molecule has 1 atom stereocenters. The molecule has 0 aromatic heterocycles. The normalized spacial score (nSPS) is 20.4. The third kappa shape index (κ3) is 2.00. The number of aryl methyl sites for hydroxylation is 1. The number of amides is 2. The van der Waals surface area contributed by atoms with Crippen molar-refractivity contribution in [2.45, 2.75) is 19.9 Å². The summed E-state index contributed by atoms with van der Waals surface area (Å²) in [6, 6.07) is 3.81. The predicted octanol–water partition coefficient (Wildman–Crippen LogP) is 0.985. The van der Waals surface area contributed by atoms with Gasteiger partial charge in [0.15, 0.2) is 0 Å². The quantitative estimate of drug-likeness (QED) is 0.790. The van der Waals surface area contributed by atoms with E-state index in [9.17, 15) is 14.0 Å². The molecule has 2 amide bonds. The Balaban J connectivity index is 2.46. The first-order chi connectivity index (χ1) is 8.00. The van der Waals surface area contributed by atoms with Crippen molar-refractivity contribution in [2.75, 3.05) is 11.4 Å². The maximum Gasteiger partial charge on any atom is 0.247 e. The van der Waals surface area contributed by atoms with Crippen LogP contribution in [-0.4, -0.2) is 24.4 Å². The highest BCUT2D eigenvalue weighted by atomic mass is 19.1. The first-order valence-corrected chi connectivity index (χ1v) is 5.36. The Morgan fingerprint density at radius 2 is 2.12 bits per heavy atom. The van der Waals surface area contributed by atoms with Crippen molar-refractivity contribution < 1.29 is 14.0 Å². The van der Waals surface area contributed by atoms with Crippen LogP contribution < -0.4 is 10.2 Å². The predicted molar refractivity (Wildman–Crippen MR) is 61.1 cm³/mol. The second-order valence-electron chi connectivity index (χ2n) is 4.11. The number of carbonyl (C=O) groups excluding carboxylic acids is 2. The Morgan fingerprint density at radius 1 is 1.41 bits per heavy atom. The van der Waals surface area contributed by atoms with E-state index >= 15 is 0 Å². The maximum atomic E-state index is 13.7. The van der Waals surface area contributed by atoms with Crippen LogP contribution in [0.5, 0.6) is 0 Å². The second kappa shape index (κ2) is 4.16. The number of halogens is 1. The lowest BCUT2D eigenvalue weighted by Crippen LogP contribution is -2.57. The molecule has 1 N–H and O–H groups in total. The SMILES string of the molecule is Cc1ccc(F)c(N2C(=O)CNC(=O)C2C)c1. The van der Waals surface area contributed by atoms with Crippen LogP contribution in [0, 0.1) is 12.7 Å². The van der Waals surface area contributed by atoms with E-state index in [1.807, 2.05) is 6.92 Å². The van der Waals surface area contributed by atoms with E-state index in [1.54, 1.807) is 19.1 Å². The molecule has 0 spiro atoms. The Hall–Kier alpha value is -1.91. The highest BCUT2D eigenvalue weighted by Gasteiger charge is 2.33. The van der Waals surface area contributed by atoms with Gasteiger partial charge in [-0.1, -0.05) is 6.07 Å². The zero-order chi connectivity index (χ0) is 12.6. The molecule has 4 nitrogen and oxygen atoms in total. The molecule has 0 aliphatic carbocycles. The van der Waals surface area contributed by atoms with Crippen molar-refractivity contribution in [3.8, 4) is 0 Å². The first kappa shape index (κ1) is 11.6. The van der Waals surface area contributed by atoms with Crippen LogP contribution in [0.25, 0.3) is 0 Å². The lowest BCUT2D eigenvalue weighted by atomic mass is 10.1. The van der Waals surface area contributed by atoms with E-state index in [2.05, 4.69) is 5.32 Å². The van der Waals surface area contributed by atoms with Crippen LogP contribution in [0.3, 0.4) is 0 Å². The van der Waals surface area contributed by atoms with Gasteiger partial charge in [-0.25, -0.2) is 4.39 Å². The van der Waals surface area contributed by atoms with Crippen LogP contribution >= 0.6 is 0 Å². The minimum Gasteiger partial charge on any atom is -0.345 e. The molecule has 1 aliphatic rings. The lowest BCUT2D eigenvalue weighted by molar-refractivity contribution is -0.130. The summed E-state index contributed by atoms with van der Waals surface area (Å²) < 4.78 is 13.7. The number of hydrogen-bond acceptors (Lipinski definition) is 2. The molecular formula is C12H13FN2O2. The standard InChI is InChI=1S/C12H13FN2O2/c1-7-3-4-9(13)10(5-7)15-8(2)12(17)14-6-11(15)16/h3-5,8H,6H2,1-2H3,(H,14,17). The average Bonchev–Trinajstić information content (AvgIpc) is 2.29. The molecule has 0 saturated carbocycles. The third-order valence-electron chi connectivity index (χ3n) is 2.81. The van der Waals surface area contributed by atoms with Crippen LogP contribution in [-0.2, 0) is 9.59 Å². The zero-order valence-electron chi connectivity index (χ0n) is 9.66. The fraction of sp³-hybridized carbons (Fsp3) is 0.333. The lowest BCUT2D eigenvalue weighted by Gasteiger charge is -2.33. The molecule has 17 heavy (non-hydrogen) atoms. The van der Waals surface area contributed by atoms with Crippen LogP contribution in [0.1, 0.15) is 12.5 Å². The Kier molecular flexibility index (Phi) is 2.83. The van der Waals surface area contributed by atoms with Crippen molar-refractivity contribution in [1.82, 2.24) is 5.32 Å². The van der Waals surface area contributed by atoms with Gasteiger partial charge in [-0.15, -0.1) is 0 Å². The topological polar surface area (TPSA) is 49.4 Å². The summed E-state index contributed by atoms with van der Waals surface area (Å²) in [5.41, 5.74) is 1.00. The molecule has 1 fully saturated rings. The van der Waals surface area contributed by atoms with Gasteiger partial charge in [-0.05, 0) is 31.5 Å². The molecule has 1 aliphatic heterocycles. The van der Waals surface area contributed by atoms with Gasteiger partial charge in [-0.2, -0.15) is 0 Å². The Bertz CT molecular complexity index is 487. The Morgan fingerprint density at radius 3 is 2.82 bits per heavy atom. The number of piperazine rings is 1. The number of nitrogens with one attached hydrogen (secondary N) is 1. The van der Waals surface area contributed by atoms with E-state index < -0.39 is 11.9 Å². The number of nitrogens with zero attached hydrogens (tertiary/aromatic N) is 1. The summed E-state index contributed by atoms with van der Waals surface area (Å²) in [6.45, 7) is 3.30. The molecule has 2 rings (SSSR count). The van der Waals surface area contributed by atoms with Gasteiger partial charge in [0.1, 0.15) is 11.9 Å². The molecule has 1 aromatic carbocycles. The van der Waals surface area contributed by atoms with Gasteiger partial charge >= 0.3 is 0 Å². The summed E-state index contributed by atoms with van der Waals surface area (Å²) in [5, 5.41) is 2.46. The molecule has 1 heterocycles. The van der Waals surface area contributed by atoms with Gasteiger partial charge in [0.25, 0.3) is 0 Å². The van der Waals surface area contributed by atoms with Gasteiger partial charge in [0.05, 0.1) is 12.2 Å². The van der Waals surface area contributed by atoms with Crippen LogP contribution in [0.15, 0.2) is 18.2 Å². The maximum absolute atomic E-state index is 13.7. The number of hydrogen-bond donors (Lipinski definition) is 1. The van der Waals surface area contributed by atoms with Crippen LogP contribution in [0.4, 0.5) is 10.1 Å².